The summed E-state index contributed by atoms with van der Waals surface area (Å²) in [6, 6.07) is 13.2. The van der Waals surface area contributed by atoms with Gasteiger partial charge in [0.25, 0.3) is 0 Å². The second kappa shape index (κ2) is 7.21. The van der Waals surface area contributed by atoms with E-state index >= 15 is 0 Å². The Kier molecular flexibility index (Phi) is 4.83. The van der Waals surface area contributed by atoms with Crippen LogP contribution in [0.2, 0.25) is 0 Å². The molecule has 0 aliphatic rings. The van der Waals surface area contributed by atoms with E-state index in [9.17, 15) is 4.79 Å². The molecule has 130 valence electrons. The molecule has 25 heavy (non-hydrogen) atoms. The van der Waals surface area contributed by atoms with Crippen LogP contribution in [0.3, 0.4) is 0 Å². The molecule has 7 heteroatoms. The van der Waals surface area contributed by atoms with Crippen LogP contribution in [0.1, 0.15) is 18.1 Å². The Labute approximate surface area is 145 Å². The van der Waals surface area contributed by atoms with Gasteiger partial charge in [-0.05, 0) is 40.6 Å². The minimum atomic E-state index is -0.299. The van der Waals surface area contributed by atoms with E-state index in [1.807, 2.05) is 42.5 Å². The minimum Gasteiger partial charge on any atom is -0.493 e. The highest BCUT2D eigenvalue weighted by molar-refractivity contribution is 5.46. The van der Waals surface area contributed by atoms with Crippen LogP contribution in [-0.4, -0.2) is 26.9 Å². The largest absolute Gasteiger partial charge is 0.493 e. The SMILES string of the molecule is CCc1cccc(-n2nnn(C)c2=O)c1COc1ccccc1OC. The number of aromatic nitrogens is 4. The molecule has 0 saturated carbocycles. The highest BCUT2D eigenvalue weighted by atomic mass is 16.5. The first kappa shape index (κ1) is 16.8. The minimum absolute atomic E-state index is 0.294. The van der Waals surface area contributed by atoms with Gasteiger partial charge in [-0.1, -0.05) is 31.2 Å². The fraction of sp³-hybridized carbons (Fsp3) is 0.278. The highest BCUT2D eigenvalue weighted by Gasteiger charge is 2.15. The Morgan fingerprint density at radius 1 is 1.04 bits per heavy atom. The lowest BCUT2D eigenvalue weighted by molar-refractivity contribution is 0.283. The Morgan fingerprint density at radius 2 is 1.80 bits per heavy atom. The maximum absolute atomic E-state index is 12.2. The van der Waals surface area contributed by atoms with Crippen molar-refractivity contribution in [2.45, 2.75) is 20.0 Å². The molecule has 1 aromatic heterocycles. The summed E-state index contributed by atoms with van der Waals surface area (Å²) in [4.78, 5) is 12.2. The molecule has 0 bridgehead atoms. The molecule has 0 spiro atoms. The summed E-state index contributed by atoms with van der Waals surface area (Å²) < 4.78 is 13.8. The summed E-state index contributed by atoms with van der Waals surface area (Å²) in [6.07, 6.45) is 0.813. The first-order chi connectivity index (χ1) is 12.2. The molecule has 3 aromatic rings. The summed E-state index contributed by atoms with van der Waals surface area (Å²) in [6.45, 7) is 2.36. The van der Waals surface area contributed by atoms with Gasteiger partial charge in [0.05, 0.1) is 12.8 Å². The zero-order chi connectivity index (χ0) is 17.8. The van der Waals surface area contributed by atoms with Gasteiger partial charge in [-0.3, -0.25) is 0 Å². The topological polar surface area (TPSA) is 71.2 Å². The van der Waals surface area contributed by atoms with Gasteiger partial charge in [0.2, 0.25) is 0 Å². The van der Waals surface area contributed by atoms with E-state index < -0.39 is 0 Å². The van der Waals surface area contributed by atoms with Crippen LogP contribution in [0.4, 0.5) is 0 Å². The smallest absolute Gasteiger partial charge is 0.368 e. The first-order valence-electron chi connectivity index (χ1n) is 8.01. The fourth-order valence-corrected chi connectivity index (χ4v) is 2.67. The van der Waals surface area contributed by atoms with Gasteiger partial charge in [0.15, 0.2) is 11.5 Å². The third-order valence-electron chi connectivity index (χ3n) is 4.02. The number of benzene rings is 2. The van der Waals surface area contributed by atoms with Crippen molar-refractivity contribution in [1.29, 1.82) is 0 Å². The van der Waals surface area contributed by atoms with E-state index in [4.69, 9.17) is 9.47 Å². The van der Waals surface area contributed by atoms with Crippen LogP contribution in [-0.2, 0) is 20.1 Å². The molecule has 0 N–H and O–H groups in total. The lowest BCUT2D eigenvalue weighted by atomic mass is 10.0. The lowest BCUT2D eigenvalue weighted by Gasteiger charge is -2.15. The predicted molar refractivity (Wildman–Crippen MR) is 93.3 cm³/mol. The molecular weight excluding hydrogens is 320 g/mol. The number of nitrogens with zero attached hydrogens (tertiary/aromatic N) is 4. The van der Waals surface area contributed by atoms with Gasteiger partial charge in [-0.2, -0.15) is 9.36 Å². The number of rotatable bonds is 6. The maximum atomic E-state index is 12.2. The molecule has 0 aliphatic heterocycles. The summed E-state index contributed by atoms with van der Waals surface area (Å²) in [7, 11) is 3.17. The average molecular weight is 340 g/mol. The molecule has 0 atom stereocenters. The zero-order valence-corrected chi connectivity index (χ0v) is 14.5. The Hall–Kier alpha value is -3.09. The van der Waals surface area contributed by atoms with E-state index in [1.165, 1.54) is 9.36 Å². The van der Waals surface area contributed by atoms with Gasteiger partial charge in [-0.25, -0.2) is 4.79 Å². The molecular formula is C18H20N4O3. The van der Waals surface area contributed by atoms with Crippen molar-refractivity contribution >= 4 is 0 Å². The van der Waals surface area contributed by atoms with Crippen molar-refractivity contribution in [1.82, 2.24) is 19.8 Å². The van der Waals surface area contributed by atoms with Gasteiger partial charge in [0.1, 0.15) is 6.61 Å². The van der Waals surface area contributed by atoms with Crippen molar-refractivity contribution in [3.8, 4) is 17.2 Å². The van der Waals surface area contributed by atoms with Crippen molar-refractivity contribution in [3.05, 3.63) is 64.1 Å². The van der Waals surface area contributed by atoms with E-state index in [0.29, 0.717) is 23.8 Å². The number of para-hydroxylation sites is 2. The van der Waals surface area contributed by atoms with E-state index in [1.54, 1.807) is 14.2 Å². The maximum Gasteiger partial charge on any atom is 0.368 e. The predicted octanol–water partition coefficient (Wildman–Crippen LogP) is 2.12. The number of methoxy groups -OCH3 is 1. The van der Waals surface area contributed by atoms with Gasteiger partial charge >= 0.3 is 5.69 Å². The van der Waals surface area contributed by atoms with Crippen LogP contribution in [0.5, 0.6) is 11.5 Å². The first-order valence-corrected chi connectivity index (χ1v) is 8.01. The lowest BCUT2D eigenvalue weighted by Crippen LogP contribution is -2.23. The zero-order valence-electron chi connectivity index (χ0n) is 14.5. The van der Waals surface area contributed by atoms with Crippen LogP contribution in [0, 0.1) is 0 Å². The Bertz CT molecular complexity index is 930. The standard InChI is InChI=1S/C18H20N4O3/c1-4-13-8-7-9-15(22-18(23)21(2)19-20-22)14(13)12-25-17-11-6-5-10-16(17)24-3/h5-11H,4,12H2,1-3H3. The molecule has 0 unspecified atom stereocenters. The third kappa shape index (κ3) is 3.26. The van der Waals surface area contributed by atoms with Crippen molar-refractivity contribution in [2.75, 3.05) is 7.11 Å². The number of hydrogen-bond acceptors (Lipinski definition) is 5. The van der Waals surface area contributed by atoms with Gasteiger partial charge in [-0.15, -0.1) is 0 Å². The average Bonchev–Trinajstić information content (AvgIpc) is 2.98. The van der Waals surface area contributed by atoms with Crippen LogP contribution in [0.15, 0.2) is 47.3 Å². The van der Waals surface area contributed by atoms with E-state index in [0.717, 1.165) is 17.5 Å². The molecule has 0 aliphatic carbocycles. The van der Waals surface area contributed by atoms with Crippen molar-refractivity contribution in [2.24, 2.45) is 7.05 Å². The number of hydrogen-bond donors (Lipinski definition) is 0. The highest BCUT2D eigenvalue weighted by Crippen LogP contribution is 2.28. The summed E-state index contributed by atoms with van der Waals surface area (Å²) in [5.74, 6) is 1.31. The normalized spacial score (nSPS) is 10.7. The molecule has 2 aromatic carbocycles. The number of ether oxygens (including phenoxy) is 2. The van der Waals surface area contributed by atoms with Gasteiger partial charge < -0.3 is 9.47 Å². The molecule has 7 nitrogen and oxygen atoms in total. The van der Waals surface area contributed by atoms with Crippen LogP contribution >= 0.6 is 0 Å². The molecule has 0 amide bonds. The van der Waals surface area contributed by atoms with E-state index in [-0.39, 0.29) is 5.69 Å². The number of aryl methyl sites for hydroxylation is 2. The quantitative estimate of drug-likeness (QED) is 0.687. The second-order valence-electron chi connectivity index (χ2n) is 5.50. The number of tetrazole rings is 1. The Balaban J connectivity index is 2.00. The fourth-order valence-electron chi connectivity index (χ4n) is 2.67. The molecule has 0 fully saturated rings. The second-order valence-corrected chi connectivity index (χ2v) is 5.50. The summed E-state index contributed by atoms with van der Waals surface area (Å²) in [5.41, 5.74) is 2.36. The Morgan fingerprint density at radius 3 is 2.44 bits per heavy atom. The van der Waals surface area contributed by atoms with E-state index in [2.05, 4.69) is 17.4 Å². The molecule has 3 rings (SSSR count). The molecule has 0 saturated heterocycles. The third-order valence-corrected chi connectivity index (χ3v) is 4.02. The summed E-state index contributed by atoms with van der Waals surface area (Å²) in [5, 5.41) is 7.74. The van der Waals surface area contributed by atoms with Crippen molar-refractivity contribution in [3.63, 3.8) is 0 Å². The van der Waals surface area contributed by atoms with Crippen LogP contribution in [0.25, 0.3) is 5.69 Å². The monoisotopic (exact) mass is 340 g/mol. The van der Waals surface area contributed by atoms with Crippen molar-refractivity contribution < 1.29 is 9.47 Å². The molecule has 0 radical (unpaired) electrons. The van der Waals surface area contributed by atoms with Gasteiger partial charge in [0, 0.05) is 12.6 Å². The molecule has 1 heterocycles. The summed E-state index contributed by atoms with van der Waals surface area (Å²) >= 11 is 0. The van der Waals surface area contributed by atoms with Crippen LogP contribution < -0.4 is 15.2 Å².